The lowest BCUT2D eigenvalue weighted by molar-refractivity contribution is -0.133. The molecule has 0 N–H and O–H groups in total. The Labute approximate surface area is 293 Å². The van der Waals surface area contributed by atoms with Crippen LogP contribution in [-0.4, -0.2) is 77.1 Å². The standard InChI is InChI=1S/C40H44FN7O2/c1-28-9-6-12-31-13-7-15-36(38(28)31)46-20-17-34-35(26-46)43-40(50-27-33-14-8-19-45(33)24-30-10-4-3-5-11-30)44-39(34)47-21-22-48(32(25-47)16-18-42)37(49)23-29(2)41/h3-7,9-13,15,32-33H,2,8,14,16-17,19-27H2,1H3/t32-,33-/m0/s1. The van der Waals surface area contributed by atoms with Gasteiger partial charge < -0.3 is 19.4 Å². The number of carbonyl (C=O) groups is 1. The number of aromatic nitrogens is 2. The van der Waals surface area contributed by atoms with E-state index in [0.717, 1.165) is 56.0 Å². The molecule has 50 heavy (non-hydrogen) atoms. The van der Waals surface area contributed by atoms with Crippen LogP contribution in [0.25, 0.3) is 10.8 Å². The number of amides is 1. The number of nitrogens with zero attached hydrogens (tertiary/aromatic N) is 7. The number of carbonyl (C=O) groups excluding carboxylic acids is 1. The van der Waals surface area contributed by atoms with Gasteiger partial charge in [-0.3, -0.25) is 9.69 Å². The van der Waals surface area contributed by atoms with Crippen LogP contribution in [0.15, 0.2) is 79.1 Å². The lowest BCUT2D eigenvalue weighted by atomic mass is 9.99. The molecule has 2 saturated heterocycles. The second-order valence-corrected chi connectivity index (χ2v) is 13.7. The van der Waals surface area contributed by atoms with Gasteiger partial charge in [0.15, 0.2) is 0 Å². The number of nitriles is 1. The minimum atomic E-state index is -0.671. The Kier molecular flexibility index (Phi) is 9.95. The lowest BCUT2D eigenvalue weighted by Gasteiger charge is -2.42. The Balaban J connectivity index is 1.18. The highest BCUT2D eigenvalue weighted by atomic mass is 19.1. The first-order valence-electron chi connectivity index (χ1n) is 17.7. The van der Waals surface area contributed by atoms with Gasteiger partial charge in [-0.05, 0) is 55.3 Å². The van der Waals surface area contributed by atoms with Crippen molar-refractivity contribution >= 4 is 28.2 Å². The van der Waals surface area contributed by atoms with Crippen molar-refractivity contribution in [3.63, 3.8) is 0 Å². The second kappa shape index (κ2) is 14.9. The summed E-state index contributed by atoms with van der Waals surface area (Å²) >= 11 is 0. The Hall–Kier alpha value is -5.01. The number of benzene rings is 3. The molecule has 0 radical (unpaired) electrons. The first-order valence-corrected chi connectivity index (χ1v) is 17.7. The van der Waals surface area contributed by atoms with Gasteiger partial charge in [-0.15, -0.1) is 0 Å². The maximum atomic E-state index is 13.6. The van der Waals surface area contributed by atoms with Crippen molar-refractivity contribution in [3.05, 3.63) is 102 Å². The lowest BCUT2D eigenvalue weighted by Crippen LogP contribution is -2.55. The van der Waals surface area contributed by atoms with E-state index in [0.29, 0.717) is 38.8 Å². The van der Waals surface area contributed by atoms with Crippen LogP contribution in [0.3, 0.4) is 0 Å². The number of anilines is 2. The summed E-state index contributed by atoms with van der Waals surface area (Å²) in [6.07, 6.45) is 2.69. The van der Waals surface area contributed by atoms with Gasteiger partial charge in [-0.1, -0.05) is 67.2 Å². The SMILES string of the molecule is C=C(F)CC(=O)N1CCN(c2nc(OC[C@@H]3CCCN3Cc3ccccc3)nc3c2CCN(c2cccc4cccc(C)c24)C3)C[C@@H]1CC#N. The zero-order valence-corrected chi connectivity index (χ0v) is 28.7. The highest BCUT2D eigenvalue weighted by Gasteiger charge is 2.34. The van der Waals surface area contributed by atoms with Crippen molar-refractivity contribution in [2.24, 2.45) is 0 Å². The predicted molar refractivity (Wildman–Crippen MR) is 194 cm³/mol. The molecule has 0 unspecified atom stereocenters. The third-order valence-electron chi connectivity index (χ3n) is 10.4. The van der Waals surface area contributed by atoms with Crippen molar-refractivity contribution in [2.45, 2.75) is 64.2 Å². The summed E-state index contributed by atoms with van der Waals surface area (Å²) in [5.74, 6) is -0.213. The fourth-order valence-corrected chi connectivity index (χ4v) is 7.89. The quantitative estimate of drug-likeness (QED) is 0.193. The van der Waals surface area contributed by atoms with Gasteiger partial charge in [-0.25, -0.2) is 4.39 Å². The smallest absolute Gasteiger partial charge is 0.318 e. The first-order chi connectivity index (χ1) is 24.4. The topological polar surface area (TPSA) is 88.8 Å². The van der Waals surface area contributed by atoms with Crippen LogP contribution in [0.5, 0.6) is 6.01 Å². The summed E-state index contributed by atoms with van der Waals surface area (Å²) in [5, 5.41) is 12.1. The molecule has 0 saturated carbocycles. The van der Waals surface area contributed by atoms with Crippen LogP contribution in [0.4, 0.5) is 15.9 Å². The van der Waals surface area contributed by atoms with E-state index >= 15 is 0 Å². The van der Waals surface area contributed by atoms with Gasteiger partial charge in [0.1, 0.15) is 18.3 Å². The minimum Gasteiger partial charge on any atom is -0.462 e. The largest absolute Gasteiger partial charge is 0.462 e. The van der Waals surface area contributed by atoms with Crippen molar-refractivity contribution in [1.82, 2.24) is 19.8 Å². The molecule has 2 fully saturated rings. The predicted octanol–water partition coefficient (Wildman–Crippen LogP) is 6.35. The molecule has 3 aliphatic heterocycles. The number of hydrogen-bond acceptors (Lipinski definition) is 8. The molecule has 2 atom stereocenters. The summed E-state index contributed by atoms with van der Waals surface area (Å²) < 4.78 is 20.1. The number of rotatable bonds is 10. The second-order valence-electron chi connectivity index (χ2n) is 13.7. The molecular formula is C40H44FN7O2. The Morgan fingerprint density at radius 2 is 1.82 bits per heavy atom. The number of fused-ring (bicyclic) bond motifs is 2. The van der Waals surface area contributed by atoms with E-state index in [1.807, 2.05) is 6.07 Å². The number of likely N-dealkylation sites (tertiary alicyclic amines) is 1. The molecule has 0 bridgehead atoms. The molecule has 7 rings (SSSR count). The Bertz CT molecular complexity index is 1910. The molecule has 10 heteroatoms. The molecule has 4 aromatic rings. The minimum absolute atomic E-state index is 0.144. The first kappa shape index (κ1) is 33.5. The van der Waals surface area contributed by atoms with E-state index in [1.54, 1.807) is 4.90 Å². The third kappa shape index (κ3) is 7.15. The van der Waals surface area contributed by atoms with Crippen LogP contribution >= 0.6 is 0 Å². The highest BCUT2D eigenvalue weighted by Crippen LogP contribution is 2.36. The summed E-state index contributed by atoms with van der Waals surface area (Å²) in [6, 6.07) is 25.9. The fourth-order valence-electron chi connectivity index (χ4n) is 7.89. The average Bonchev–Trinajstić information content (AvgIpc) is 3.56. The van der Waals surface area contributed by atoms with Crippen LogP contribution < -0.4 is 14.5 Å². The van der Waals surface area contributed by atoms with Crippen LogP contribution in [0, 0.1) is 18.3 Å². The van der Waals surface area contributed by atoms with Crippen molar-refractivity contribution in [3.8, 4) is 12.1 Å². The molecule has 258 valence electrons. The number of hydrogen-bond donors (Lipinski definition) is 0. The van der Waals surface area contributed by atoms with Crippen LogP contribution in [-0.2, 0) is 24.3 Å². The summed E-state index contributed by atoms with van der Waals surface area (Å²) in [7, 11) is 0. The molecule has 3 aromatic carbocycles. The third-order valence-corrected chi connectivity index (χ3v) is 10.4. The maximum absolute atomic E-state index is 13.6. The van der Waals surface area contributed by atoms with E-state index in [9.17, 15) is 14.4 Å². The molecular weight excluding hydrogens is 629 g/mol. The zero-order chi connectivity index (χ0) is 34.6. The number of halogens is 1. The van der Waals surface area contributed by atoms with Gasteiger partial charge in [0.25, 0.3) is 0 Å². The molecule has 0 aliphatic carbocycles. The molecule has 9 nitrogen and oxygen atoms in total. The molecule has 1 aromatic heterocycles. The van der Waals surface area contributed by atoms with E-state index < -0.39 is 5.83 Å². The number of piperazine rings is 1. The Morgan fingerprint density at radius 3 is 2.62 bits per heavy atom. The summed E-state index contributed by atoms with van der Waals surface area (Å²) in [6.45, 7) is 10.5. The van der Waals surface area contributed by atoms with Gasteiger partial charge in [0, 0.05) is 55.4 Å². The molecule has 3 aliphatic rings. The van der Waals surface area contributed by atoms with E-state index in [-0.39, 0.29) is 30.8 Å². The molecule has 0 spiro atoms. The fraction of sp³-hybridized carbons (Fsp3) is 0.400. The van der Waals surface area contributed by atoms with Crippen LogP contribution in [0.1, 0.15) is 48.1 Å². The van der Waals surface area contributed by atoms with Gasteiger partial charge in [-0.2, -0.15) is 15.2 Å². The highest BCUT2D eigenvalue weighted by molar-refractivity contribution is 5.97. The van der Waals surface area contributed by atoms with Crippen molar-refractivity contribution < 1.29 is 13.9 Å². The normalized spacial score (nSPS) is 19.3. The summed E-state index contributed by atoms with van der Waals surface area (Å²) in [5.41, 5.74) is 5.71. The Morgan fingerprint density at radius 1 is 1.00 bits per heavy atom. The van der Waals surface area contributed by atoms with E-state index in [1.165, 1.54) is 27.6 Å². The number of aryl methyl sites for hydroxylation is 1. The van der Waals surface area contributed by atoms with Gasteiger partial charge in [0.05, 0.1) is 37.2 Å². The van der Waals surface area contributed by atoms with E-state index in [4.69, 9.17) is 14.7 Å². The molecule has 1 amide bonds. The summed E-state index contributed by atoms with van der Waals surface area (Å²) in [4.78, 5) is 31.7. The average molecular weight is 674 g/mol. The van der Waals surface area contributed by atoms with Crippen molar-refractivity contribution in [1.29, 1.82) is 5.26 Å². The monoisotopic (exact) mass is 673 g/mol. The van der Waals surface area contributed by atoms with Crippen LogP contribution in [0.2, 0.25) is 0 Å². The van der Waals surface area contributed by atoms with Gasteiger partial charge >= 0.3 is 6.01 Å². The van der Waals surface area contributed by atoms with E-state index in [2.05, 4.69) is 94.9 Å². The van der Waals surface area contributed by atoms with Gasteiger partial charge in [0.2, 0.25) is 5.91 Å². The number of ether oxygens (including phenoxy) is 1. The van der Waals surface area contributed by atoms with Crippen molar-refractivity contribution in [2.75, 3.05) is 49.1 Å². The zero-order valence-electron chi connectivity index (χ0n) is 28.7. The molecule has 4 heterocycles. The maximum Gasteiger partial charge on any atom is 0.318 e.